The fourth-order valence-corrected chi connectivity index (χ4v) is 3.69. The van der Waals surface area contributed by atoms with Crippen molar-refractivity contribution in [1.29, 1.82) is 0 Å². The second-order valence-electron chi connectivity index (χ2n) is 8.70. The minimum absolute atomic E-state index is 0.774. The van der Waals surface area contributed by atoms with E-state index in [9.17, 15) is 0 Å². The summed E-state index contributed by atoms with van der Waals surface area (Å²) in [7, 11) is 4.35. The Morgan fingerprint density at radius 3 is 1.82 bits per heavy atom. The van der Waals surface area contributed by atoms with Gasteiger partial charge >= 0.3 is 0 Å². The summed E-state index contributed by atoms with van der Waals surface area (Å²) in [5.74, 6) is 4.78. The Morgan fingerprint density at radius 1 is 0.818 bits per heavy atom. The molecule has 0 spiro atoms. The first-order valence-corrected chi connectivity index (χ1v) is 9.50. The van der Waals surface area contributed by atoms with Gasteiger partial charge in [-0.15, -0.1) is 0 Å². The number of nitrogens with one attached hydrogen (secondary N) is 1. The van der Waals surface area contributed by atoms with Crippen molar-refractivity contribution < 1.29 is 0 Å². The predicted molar refractivity (Wildman–Crippen MR) is 101 cm³/mol. The van der Waals surface area contributed by atoms with Crippen LogP contribution in [0.4, 0.5) is 0 Å². The third kappa shape index (κ3) is 9.84. The smallest absolute Gasteiger partial charge is 0.000102 e. The fourth-order valence-electron chi connectivity index (χ4n) is 3.69. The van der Waals surface area contributed by atoms with Crippen LogP contribution in [0.1, 0.15) is 61.3 Å². The van der Waals surface area contributed by atoms with Gasteiger partial charge in [-0.3, -0.25) is 0 Å². The van der Waals surface area contributed by atoms with Crippen LogP contribution in [0, 0.1) is 35.5 Å². The van der Waals surface area contributed by atoms with Crippen LogP contribution in [0.25, 0.3) is 0 Å². The van der Waals surface area contributed by atoms with Crippen molar-refractivity contribution in [3.63, 3.8) is 0 Å². The molecule has 134 valence electrons. The molecule has 0 saturated heterocycles. The van der Waals surface area contributed by atoms with Crippen molar-refractivity contribution in [2.24, 2.45) is 35.5 Å². The lowest BCUT2D eigenvalue weighted by Crippen LogP contribution is -2.31. The van der Waals surface area contributed by atoms with Gasteiger partial charge in [-0.1, -0.05) is 48.5 Å². The van der Waals surface area contributed by atoms with Crippen LogP contribution < -0.4 is 5.32 Å². The van der Waals surface area contributed by atoms with Crippen molar-refractivity contribution >= 4 is 0 Å². The number of nitrogens with zero attached hydrogens (tertiary/aromatic N) is 1. The topological polar surface area (TPSA) is 15.3 Å². The van der Waals surface area contributed by atoms with Gasteiger partial charge in [0.25, 0.3) is 0 Å². The fraction of sp³-hybridized carbons (Fsp3) is 1.00. The molecule has 0 heterocycles. The van der Waals surface area contributed by atoms with Crippen LogP contribution in [0.15, 0.2) is 0 Å². The predicted octanol–water partition coefficient (Wildman–Crippen LogP) is 4.75. The minimum Gasteiger partial charge on any atom is -0.316 e. The van der Waals surface area contributed by atoms with Gasteiger partial charge in [-0.25, -0.2) is 0 Å². The zero-order chi connectivity index (χ0) is 17.3. The molecular formula is C20H44N2. The SMILES string of the molecule is CC(CC(C)C(C)CCNCC(C(C)C)C(C)C)CN(C)C. The Morgan fingerprint density at radius 2 is 1.36 bits per heavy atom. The molecule has 0 radical (unpaired) electrons. The molecule has 0 fully saturated rings. The second kappa shape index (κ2) is 11.5. The molecule has 2 nitrogen and oxygen atoms in total. The van der Waals surface area contributed by atoms with E-state index in [2.05, 4.69) is 72.8 Å². The van der Waals surface area contributed by atoms with E-state index in [-0.39, 0.29) is 0 Å². The standard InChI is InChI=1S/C20H44N2/c1-15(2)20(16(3)4)13-21-11-10-18(6)19(7)12-17(5)14-22(8)9/h15-21H,10-14H2,1-9H3. The average molecular weight is 313 g/mol. The molecule has 3 atom stereocenters. The molecule has 3 unspecified atom stereocenters. The normalized spacial score (nSPS) is 16.8. The first kappa shape index (κ1) is 21.9. The lowest BCUT2D eigenvalue weighted by Gasteiger charge is -2.27. The lowest BCUT2D eigenvalue weighted by atomic mass is 9.84. The zero-order valence-corrected chi connectivity index (χ0v) is 16.9. The van der Waals surface area contributed by atoms with Gasteiger partial charge < -0.3 is 10.2 Å². The number of hydrogen-bond acceptors (Lipinski definition) is 2. The monoisotopic (exact) mass is 312 g/mol. The summed E-state index contributed by atoms with van der Waals surface area (Å²) in [4.78, 5) is 2.31. The number of hydrogen-bond donors (Lipinski definition) is 1. The van der Waals surface area contributed by atoms with Crippen LogP contribution in [-0.4, -0.2) is 38.6 Å². The first-order valence-electron chi connectivity index (χ1n) is 9.50. The Kier molecular flexibility index (Phi) is 11.4. The van der Waals surface area contributed by atoms with E-state index in [0.717, 1.165) is 35.5 Å². The Balaban J connectivity index is 3.95. The third-order valence-corrected chi connectivity index (χ3v) is 5.29. The average Bonchev–Trinajstić information content (AvgIpc) is 2.35. The third-order valence-electron chi connectivity index (χ3n) is 5.29. The Bertz CT molecular complexity index is 252. The molecule has 0 amide bonds. The summed E-state index contributed by atoms with van der Waals surface area (Å²) < 4.78 is 0. The van der Waals surface area contributed by atoms with Gasteiger partial charge in [0.15, 0.2) is 0 Å². The van der Waals surface area contributed by atoms with E-state index in [0.29, 0.717) is 0 Å². The maximum Gasteiger partial charge on any atom is 0.000102 e. The quantitative estimate of drug-likeness (QED) is 0.523. The summed E-state index contributed by atoms with van der Waals surface area (Å²) in [5, 5.41) is 3.71. The molecule has 0 aromatic rings. The largest absolute Gasteiger partial charge is 0.316 e. The van der Waals surface area contributed by atoms with Gasteiger partial charge in [0.05, 0.1) is 0 Å². The van der Waals surface area contributed by atoms with E-state index in [1.54, 1.807) is 0 Å². The van der Waals surface area contributed by atoms with Gasteiger partial charge in [-0.05, 0) is 75.5 Å². The number of rotatable bonds is 12. The van der Waals surface area contributed by atoms with Crippen LogP contribution in [-0.2, 0) is 0 Å². The van der Waals surface area contributed by atoms with Gasteiger partial charge in [0.1, 0.15) is 0 Å². The molecule has 2 heteroatoms. The van der Waals surface area contributed by atoms with E-state index in [1.807, 2.05) is 0 Å². The van der Waals surface area contributed by atoms with Crippen LogP contribution in [0.5, 0.6) is 0 Å². The van der Waals surface area contributed by atoms with Crippen molar-refractivity contribution in [2.75, 3.05) is 33.7 Å². The van der Waals surface area contributed by atoms with Gasteiger partial charge in [0, 0.05) is 6.54 Å². The molecule has 0 aliphatic heterocycles. The summed E-state index contributed by atoms with van der Waals surface area (Å²) in [6.07, 6.45) is 2.65. The molecule has 0 aromatic heterocycles. The van der Waals surface area contributed by atoms with Crippen LogP contribution in [0.3, 0.4) is 0 Å². The second-order valence-corrected chi connectivity index (χ2v) is 8.70. The lowest BCUT2D eigenvalue weighted by molar-refractivity contribution is 0.246. The highest BCUT2D eigenvalue weighted by Gasteiger charge is 2.18. The molecule has 0 saturated carbocycles. The van der Waals surface area contributed by atoms with Gasteiger partial charge in [0.2, 0.25) is 0 Å². The summed E-state index contributed by atoms with van der Waals surface area (Å²) >= 11 is 0. The first-order chi connectivity index (χ1) is 10.1. The highest BCUT2D eigenvalue weighted by Crippen LogP contribution is 2.23. The molecule has 0 rings (SSSR count). The molecule has 0 aliphatic carbocycles. The molecule has 1 N–H and O–H groups in total. The summed E-state index contributed by atoms with van der Waals surface area (Å²) in [5.41, 5.74) is 0. The Labute approximate surface area is 141 Å². The van der Waals surface area contributed by atoms with Crippen LogP contribution in [0.2, 0.25) is 0 Å². The molecule has 22 heavy (non-hydrogen) atoms. The summed E-state index contributed by atoms with van der Waals surface area (Å²) in [6, 6.07) is 0. The maximum atomic E-state index is 3.71. The van der Waals surface area contributed by atoms with E-state index < -0.39 is 0 Å². The van der Waals surface area contributed by atoms with Crippen LogP contribution >= 0.6 is 0 Å². The zero-order valence-electron chi connectivity index (χ0n) is 16.9. The molecule has 0 aliphatic rings. The summed E-state index contributed by atoms with van der Waals surface area (Å²) in [6.45, 7) is 20.2. The maximum absolute atomic E-state index is 3.71. The highest BCUT2D eigenvalue weighted by atomic mass is 15.1. The molecule has 0 bridgehead atoms. The van der Waals surface area contributed by atoms with E-state index in [1.165, 1.54) is 32.5 Å². The van der Waals surface area contributed by atoms with E-state index in [4.69, 9.17) is 0 Å². The van der Waals surface area contributed by atoms with Crippen molar-refractivity contribution in [3.8, 4) is 0 Å². The Hall–Kier alpha value is -0.0800. The van der Waals surface area contributed by atoms with Crippen molar-refractivity contribution in [3.05, 3.63) is 0 Å². The van der Waals surface area contributed by atoms with Crippen molar-refractivity contribution in [1.82, 2.24) is 10.2 Å². The minimum atomic E-state index is 0.774. The molecular weight excluding hydrogens is 268 g/mol. The molecule has 0 aromatic carbocycles. The van der Waals surface area contributed by atoms with Gasteiger partial charge in [-0.2, -0.15) is 0 Å². The highest BCUT2D eigenvalue weighted by molar-refractivity contribution is 4.71. The van der Waals surface area contributed by atoms with E-state index >= 15 is 0 Å². The van der Waals surface area contributed by atoms with Crippen molar-refractivity contribution in [2.45, 2.75) is 61.3 Å².